The number of rotatable bonds is 5. The van der Waals surface area contributed by atoms with E-state index in [0.717, 1.165) is 25.4 Å². The molecular weight excluding hydrogens is 148 g/mol. The molecule has 1 atom stereocenters. The van der Waals surface area contributed by atoms with Gasteiger partial charge in [-0.15, -0.1) is 0 Å². The maximum atomic E-state index is 5.57. The van der Waals surface area contributed by atoms with Crippen molar-refractivity contribution in [3.05, 3.63) is 0 Å². The van der Waals surface area contributed by atoms with Crippen LogP contribution >= 0.6 is 0 Å². The number of nitrogens with one attached hydrogen (secondary N) is 1. The molecule has 0 spiro atoms. The van der Waals surface area contributed by atoms with E-state index in [2.05, 4.69) is 19.2 Å². The van der Waals surface area contributed by atoms with E-state index in [4.69, 9.17) is 5.73 Å². The van der Waals surface area contributed by atoms with Crippen LogP contribution in [-0.2, 0) is 0 Å². The molecule has 0 rings (SSSR count). The van der Waals surface area contributed by atoms with Crippen molar-refractivity contribution in [3.63, 3.8) is 0 Å². The van der Waals surface area contributed by atoms with Gasteiger partial charge in [0.25, 0.3) is 0 Å². The molecule has 0 aromatic carbocycles. The monoisotopic (exact) mass is 174 g/mol. The van der Waals surface area contributed by atoms with Crippen molar-refractivity contribution in [2.24, 2.45) is 11.7 Å². The van der Waals surface area contributed by atoms with E-state index in [-0.39, 0.29) is 0 Å². The van der Waals surface area contributed by atoms with Gasteiger partial charge in [0.05, 0.1) is 0 Å². The maximum absolute atomic E-state index is 5.57. The number of nitrogens with two attached hydrogens (primary N) is 1. The molecule has 0 heterocycles. The molecule has 2 nitrogen and oxygen atoms in total. The van der Waals surface area contributed by atoms with Crippen LogP contribution in [-0.4, -0.2) is 19.1 Å². The van der Waals surface area contributed by atoms with Gasteiger partial charge in [-0.05, 0) is 32.4 Å². The van der Waals surface area contributed by atoms with Crippen molar-refractivity contribution in [3.8, 4) is 0 Å². The first-order valence-corrected chi connectivity index (χ1v) is 5.09. The van der Waals surface area contributed by atoms with Crippen LogP contribution in [0.15, 0.2) is 0 Å². The van der Waals surface area contributed by atoms with Gasteiger partial charge in [-0.3, -0.25) is 0 Å². The average molecular weight is 174 g/mol. The zero-order chi connectivity index (χ0) is 9.98. The van der Waals surface area contributed by atoms with E-state index in [9.17, 15) is 0 Å². The van der Waals surface area contributed by atoms with Gasteiger partial charge in [0.1, 0.15) is 0 Å². The van der Waals surface area contributed by atoms with Gasteiger partial charge >= 0.3 is 0 Å². The molecule has 0 aromatic rings. The fraction of sp³-hybridized carbons (Fsp3) is 1.00. The number of hydrogen-bond donors (Lipinski definition) is 2. The lowest BCUT2D eigenvalue weighted by atomic mass is 10.2. The summed E-state index contributed by atoms with van der Waals surface area (Å²) in [5.74, 6) is 0.744. The first-order valence-electron chi connectivity index (χ1n) is 5.09. The van der Waals surface area contributed by atoms with Crippen LogP contribution in [0.25, 0.3) is 0 Å². The second-order valence-electron chi connectivity index (χ2n) is 3.36. The minimum atomic E-state index is 0.333. The summed E-state index contributed by atoms with van der Waals surface area (Å²) in [4.78, 5) is 0. The third-order valence-electron chi connectivity index (χ3n) is 1.33. The molecule has 0 saturated heterocycles. The normalized spacial score (nSPS) is 12.2. The van der Waals surface area contributed by atoms with Crippen molar-refractivity contribution in [2.75, 3.05) is 13.1 Å². The van der Waals surface area contributed by atoms with Gasteiger partial charge in [-0.25, -0.2) is 0 Å². The topological polar surface area (TPSA) is 38.0 Å². The van der Waals surface area contributed by atoms with Crippen LogP contribution in [0.1, 0.15) is 41.0 Å². The van der Waals surface area contributed by atoms with Crippen molar-refractivity contribution in [1.82, 2.24) is 5.32 Å². The van der Waals surface area contributed by atoms with E-state index in [1.54, 1.807) is 0 Å². The third kappa shape index (κ3) is 16.5. The molecule has 0 bridgehead atoms. The van der Waals surface area contributed by atoms with Gasteiger partial charge in [-0.1, -0.05) is 27.7 Å². The molecule has 0 fully saturated rings. The highest BCUT2D eigenvalue weighted by atomic mass is 14.9. The summed E-state index contributed by atoms with van der Waals surface area (Å²) < 4.78 is 0. The third-order valence-corrected chi connectivity index (χ3v) is 1.33. The Hall–Kier alpha value is -0.0800. The quantitative estimate of drug-likeness (QED) is 0.626. The Morgan fingerprint density at radius 2 is 1.67 bits per heavy atom. The van der Waals surface area contributed by atoms with Crippen LogP contribution in [0.5, 0.6) is 0 Å². The highest BCUT2D eigenvalue weighted by Gasteiger charge is 1.94. The molecule has 12 heavy (non-hydrogen) atoms. The smallest absolute Gasteiger partial charge is 0.00225 e. The molecule has 0 aromatic heterocycles. The Morgan fingerprint density at radius 3 is 2.00 bits per heavy atom. The van der Waals surface area contributed by atoms with Crippen molar-refractivity contribution >= 4 is 0 Å². The average Bonchev–Trinajstić information content (AvgIpc) is 2.02. The highest BCUT2D eigenvalue weighted by molar-refractivity contribution is 4.56. The van der Waals surface area contributed by atoms with E-state index >= 15 is 0 Å². The molecule has 76 valence electrons. The summed E-state index contributed by atoms with van der Waals surface area (Å²) >= 11 is 0. The van der Waals surface area contributed by atoms with Crippen molar-refractivity contribution in [2.45, 2.75) is 47.1 Å². The van der Waals surface area contributed by atoms with Crippen LogP contribution < -0.4 is 11.1 Å². The molecule has 1 unspecified atom stereocenters. The molecule has 0 aliphatic heterocycles. The zero-order valence-electron chi connectivity index (χ0n) is 9.35. The largest absolute Gasteiger partial charge is 0.328 e. The van der Waals surface area contributed by atoms with Gasteiger partial charge < -0.3 is 11.1 Å². The van der Waals surface area contributed by atoms with Crippen LogP contribution in [0.4, 0.5) is 0 Å². The summed E-state index contributed by atoms with van der Waals surface area (Å²) in [6.07, 6.45) is 1.08. The van der Waals surface area contributed by atoms with Gasteiger partial charge in [-0.2, -0.15) is 0 Å². The van der Waals surface area contributed by atoms with Crippen molar-refractivity contribution < 1.29 is 0 Å². The SMILES string of the molecule is CC.CC(C)CNCCC(C)N. The van der Waals surface area contributed by atoms with E-state index in [0.29, 0.717) is 6.04 Å². The lowest BCUT2D eigenvalue weighted by molar-refractivity contribution is 0.523. The summed E-state index contributed by atoms with van der Waals surface area (Å²) in [6.45, 7) is 12.6. The summed E-state index contributed by atoms with van der Waals surface area (Å²) in [5, 5.41) is 3.34. The minimum Gasteiger partial charge on any atom is -0.328 e. The van der Waals surface area contributed by atoms with Gasteiger partial charge in [0.2, 0.25) is 0 Å². The summed E-state index contributed by atoms with van der Waals surface area (Å²) in [5.41, 5.74) is 5.57. The Balaban J connectivity index is 0. The predicted molar refractivity (Wildman–Crippen MR) is 57.3 cm³/mol. The van der Waals surface area contributed by atoms with Gasteiger partial charge in [0, 0.05) is 6.04 Å². The first-order chi connectivity index (χ1) is 5.63. The number of hydrogen-bond acceptors (Lipinski definition) is 2. The lowest BCUT2D eigenvalue weighted by Crippen LogP contribution is -2.26. The van der Waals surface area contributed by atoms with E-state index < -0.39 is 0 Å². The molecule has 0 saturated carbocycles. The predicted octanol–water partition coefficient (Wildman–Crippen LogP) is 2.00. The van der Waals surface area contributed by atoms with Gasteiger partial charge in [0.15, 0.2) is 0 Å². The molecular formula is C10H26N2. The first kappa shape index (κ1) is 14.4. The lowest BCUT2D eigenvalue weighted by Gasteiger charge is -2.08. The summed E-state index contributed by atoms with van der Waals surface area (Å²) in [7, 11) is 0. The van der Waals surface area contributed by atoms with Crippen LogP contribution in [0.2, 0.25) is 0 Å². The highest BCUT2D eigenvalue weighted by Crippen LogP contribution is 1.88. The van der Waals surface area contributed by atoms with Crippen LogP contribution in [0, 0.1) is 5.92 Å². The van der Waals surface area contributed by atoms with Crippen LogP contribution in [0.3, 0.4) is 0 Å². The second kappa shape index (κ2) is 10.9. The molecule has 2 heteroatoms. The minimum absolute atomic E-state index is 0.333. The Morgan fingerprint density at radius 1 is 1.17 bits per heavy atom. The van der Waals surface area contributed by atoms with E-state index in [1.807, 2.05) is 20.8 Å². The van der Waals surface area contributed by atoms with Crippen molar-refractivity contribution in [1.29, 1.82) is 0 Å². The molecule has 0 radical (unpaired) electrons. The zero-order valence-corrected chi connectivity index (χ0v) is 9.35. The Labute approximate surface area is 77.9 Å². The maximum Gasteiger partial charge on any atom is 0.00225 e. The Kier molecular flexibility index (Phi) is 13.1. The molecule has 0 aliphatic carbocycles. The molecule has 0 amide bonds. The fourth-order valence-corrected chi connectivity index (χ4v) is 0.720. The standard InChI is InChI=1S/C8H20N2.C2H6/c1-7(2)6-10-5-4-8(3)9;1-2/h7-8,10H,4-6,9H2,1-3H3;1-2H3. The Bertz CT molecular complexity index is 60.2. The molecule has 3 N–H and O–H groups in total. The summed E-state index contributed by atoms with van der Waals surface area (Å²) in [6, 6.07) is 0.333. The van der Waals surface area contributed by atoms with E-state index in [1.165, 1.54) is 0 Å². The fourth-order valence-electron chi connectivity index (χ4n) is 0.720. The second-order valence-corrected chi connectivity index (χ2v) is 3.36. The molecule has 0 aliphatic rings.